The van der Waals surface area contributed by atoms with Crippen LogP contribution >= 0.6 is 0 Å². The summed E-state index contributed by atoms with van der Waals surface area (Å²) in [6.07, 6.45) is 25.1. The maximum absolute atomic E-state index is 11.7. The molecule has 1 radical (unpaired) electrons. The van der Waals surface area contributed by atoms with E-state index in [1.165, 1.54) is 76.4 Å². The largest absolute Gasteiger partial charge is 0.377 e. The number of carbonyl (C=O) groups excluding carboxylic acids is 2. The Kier molecular flexibility index (Phi) is 24.8. The molecule has 0 aliphatic heterocycles. The van der Waals surface area contributed by atoms with Gasteiger partial charge in [-0.3, -0.25) is 31.0 Å². The topological polar surface area (TPSA) is 117 Å². The summed E-state index contributed by atoms with van der Waals surface area (Å²) in [5.74, 6) is -0.206. The zero-order chi connectivity index (χ0) is 31.0. The van der Waals surface area contributed by atoms with Crippen molar-refractivity contribution in [1.29, 1.82) is 0 Å². The molecule has 0 unspecified atom stereocenters. The number of hydrogen-bond donors (Lipinski definition) is 4. The molecule has 4 N–H and O–H groups in total. The number of nitrogens with one attached hydrogen (secondary N) is 2. The van der Waals surface area contributed by atoms with E-state index in [1.807, 2.05) is 11.0 Å². The molecule has 2 aliphatic carbocycles. The smallest absolute Gasteiger partial charge is 0.187 e. The molecule has 0 aromatic heterocycles. The van der Waals surface area contributed by atoms with E-state index in [0.717, 1.165) is 37.2 Å². The molecule has 9 heteroatoms. The number of rotatable bonds is 20. The van der Waals surface area contributed by atoms with Crippen molar-refractivity contribution in [3.8, 4) is 0 Å². The molecule has 0 atom stereocenters. The molecule has 8 nitrogen and oxygen atoms in total. The van der Waals surface area contributed by atoms with Crippen LogP contribution in [0.5, 0.6) is 0 Å². The van der Waals surface area contributed by atoms with Crippen molar-refractivity contribution in [1.82, 2.24) is 11.0 Å². The van der Waals surface area contributed by atoms with Gasteiger partial charge in [-0.05, 0) is 62.1 Å². The van der Waals surface area contributed by atoms with Crippen molar-refractivity contribution >= 4 is 11.6 Å². The van der Waals surface area contributed by atoms with E-state index in [4.69, 9.17) is 19.9 Å². The molecular formula is C34H54CuN2O6. The van der Waals surface area contributed by atoms with Crippen LogP contribution in [0.1, 0.15) is 105 Å². The van der Waals surface area contributed by atoms with Crippen molar-refractivity contribution in [3.05, 3.63) is 70.1 Å². The summed E-state index contributed by atoms with van der Waals surface area (Å²) >= 11 is 0. The Morgan fingerprint density at radius 3 is 1.30 bits per heavy atom. The number of allylic oxidation sites excluding steroid dienone is 8. The zero-order valence-electron chi connectivity index (χ0n) is 26.6. The third-order valence-corrected chi connectivity index (χ3v) is 7.05. The Labute approximate surface area is 269 Å². The van der Waals surface area contributed by atoms with E-state index in [9.17, 15) is 9.59 Å². The normalized spacial score (nSPS) is 16.5. The van der Waals surface area contributed by atoms with Gasteiger partial charge in [0.05, 0.1) is 13.2 Å². The fourth-order valence-electron chi connectivity index (χ4n) is 4.39. The zero-order valence-corrected chi connectivity index (χ0v) is 27.5. The van der Waals surface area contributed by atoms with Crippen LogP contribution in [0.4, 0.5) is 0 Å². The van der Waals surface area contributed by atoms with Gasteiger partial charge < -0.3 is 9.47 Å². The van der Waals surface area contributed by atoms with Crippen LogP contribution in [0.25, 0.3) is 0 Å². The SMILES string of the molecule is CCCCCCCCOCC1=C/C(=C(/C)NO)C(=O)C=C1.CCCCCCCCOCC1=C/C(=C(\C)NO)C(=O)C=C1.[Cu]. The predicted octanol–water partition coefficient (Wildman–Crippen LogP) is 7.36. The minimum absolute atomic E-state index is 0. The fourth-order valence-corrected chi connectivity index (χ4v) is 4.39. The first-order valence-electron chi connectivity index (χ1n) is 15.6. The molecule has 0 bridgehead atoms. The molecule has 43 heavy (non-hydrogen) atoms. The Hall–Kier alpha value is -2.26. The second kappa shape index (κ2) is 26.2. The minimum atomic E-state index is -0.103. The monoisotopic (exact) mass is 649 g/mol. The second-order valence-electron chi connectivity index (χ2n) is 10.8. The van der Waals surface area contributed by atoms with Gasteiger partial charge in [0.2, 0.25) is 0 Å². The van der Waals surface area contributed by atoms with Crippen molar-refractivity contribution in [2.75, 3.05) is 26.4 Å². The van der Waals surface area contributed by atoms with Crippen LogP contribution in [0.3, 0.4) is 0 Å². The van der Waals surface area contributed by atoms with Crippen molar-refractivity contribution in [2.24, 2.45) is 0 Å². The number of ether oxygens (including phenoxy) is 2. The first-order chi connectivity index (χ1) is 20.4. The minimum Gasteiger partial charge on any atom is -0.377 e. The quantitative estimate of drug-likeness (QED) is 0.0468. The number of hydrogen-bond acceptors (Lipinski definition) is 8. The summed E-state index contributed by atoms with van der Waals surface area (Å²) in [6, 6.07) is 0. The number of hydroxylamine groups is 2. The Morgan fingerprint density at radius 1 is 0.605 bits per heavy atom. The first-order valence-corrected chi connectivity index (χ1v) is 15.6. The van der Waals surface area contributed by atoms with Gasteiger partial charge in [0.1, 0.15) is 0 Å². The summed E-state index contributed by atoms with van der Waals surface area (Å²) in [6.45, 7) is 10.3. The molecule has 247 valence electrons. The van der Waals surface area contributed by atoms with Gasteiger partial charge in [0.25, 0.3) is 0 Å². The van der Waals surface area contributed by atoms with Gasteiger partial charge in [-0.2, -0.15) is 0 Å². The Morgan fingerprint density at radius 2 is 0.953 bits per heavy atom. The van der Waals surface area contributed by atoms with Crippen LogP contribution in [0.2, 0.25) is 0 Å². The van der Waals surface area contributed by atoms with Gasteiger partial charge in [0.15, 0.2) is 11.6 Å². The first kappa shape index (κ1) is 40.7. The summed E-state index contributed by atoms with van der Waals surface area (Å²) in [7, 11) is 0. The van der Waals surface area contributed by atoms with Crippen LogP contribution in [-0.2, 0) is 36.1 Å². The molecular weight excluding hydrogens is 596 g/mol. The van der Waals surface area contributed by atoms with Crippen LogP contribution in [0, 0.1) is 0 Å². The third kappa shape index (κ3) is 18.2. The molecule has 0 saturated carbocycles. The molecule has 2 aliphatic rings. The van der Waals surface area contributed by atoms with Crippen LogP contribution in [-0.4, -0.2) is 48.4 Å². The van der Waals surface area contributed by atoms with E-state index in [0.29, 0.717) is 35.8 Å². The van der Waals surface area contributed by atoms with E-state index in [2.05, 4.69) is 13.8 Å². The van der Waals surface area contributed by atoms with Gasteiger partial charge in [-0.1, -0.05) is 90.2 Å². The van der Waals surface area contributed by atoms with E-state index >= 15 is 0 Å². The van der Waals surface area contributed by atoms with Gasteiger partial charge >= 0.3 is 0 Å². The van der Waals surface area contributed by atoms with Crippen molar-refractivity contribution in [2.45, 2.75) is 105 Å². The average molecular weight is 650 g/mol. The summed E-state index contributed by atoms with van der Waals surface area (Å²) in [5, 5.41) is 17.8. The Balaban J connectivity index is 0.000000802. The van der Waals surface area contributed by atoms with Gasteiger partial charge in [0, 0.05) is 52.8 Å². The van der Waals surface area contributed by atoms with Crippen LogP contribution < -0.4 is 11.0 Å². The molecule has 0 amide bonds. The Bertz CT molecular complexity index is 930. The van der Waals surface area contributed by atoms with Crippen molar-refractivity contribution < 1.29 is 46.5 Å². The number of unbranched alkanes of at least 4 members (excludes halogenated alkanes) is 10. The third-order valence-electron chi connectivity index (χ3n) is 7.05. The maximum atomic E-state index is 11.7. The predicted molar refractivity (Wildman–Crippen MR) is 168 cm³/mol. The summed E-state index contributed by atoms with van der Waals surface area (Å²) in [5.41, 5.74) is 7.83. The molecule has 0 saturated heterocycles. The second-order valence-corrected chi connectivity index (χ2v) is 10.8. The molecule has 2 rings (SSSR count). The average Bonchev–Trinajstić information content (AvgIpc) is 3.00. The number of ketones is 2. The van der Waals surface area contributed by atoms with E-state index < -0.39 is 0 Å². The summed E-state index contributed by atoms with van der Waals surface area (Å²) in [4.78, 5) is 23.3. The standard InChI is InChI=1S/2C17H27NO3.Cu/c2*1-3-4-5-6-7-8-11-21-13-15-9-10-17(19)16(12-15)14(2)18-20;/h2*9-10,12,18,20H,3-8,11,13H2,1-2H3;/b16-14+;16-14-;. The summed E-state index contributed by atoms with van der Waals surface area (Å²) < 4.78 is 11.3. The van der Waals surface area contributed by atoms with Gasteiger partial charge in [-0.15, -0.1) is 0 Å². The molecule has 0 spiro atoms. The van der Waals surface area contributed by atoms with Crippen LogP contribution in [0.15, 0.2) is 70.1 Å². The molecule has 0 fully saturated rings. The van der Waals surface area contributed by atoms with E-state index in [-0.39, 0.29) is 28.6 Å². The number of carbonyl (C=O) groups is 2. The fraction of sp³-hybridized carbons (Fsp3) is 0.588. The van der Waals surface area contributed by atoms with Gasteiger partial charge in [-0.25, -0.2) is 0 Å². The molecule has 0 heterocycles. The molecule has 0 aromatic rings. The maximum Gasteiger partial charge on any atom is 0.187 e. The van der Waals surface area contributed by atoms with E-state index in [1.54, 1.807) is 38.2 Å². The van der Waals surface area contributed by atoms with Crippen molar-refractivity contribution in [3.63, 3.8) is 0 Å². The molecule has 0 aromatic carbocycles.